The van der Waals surface area contributed by atoms with Crippen molar-refractivity contribution in [2.24, 2.45) is 0 Å². The van der Waals surface area contributed by atoms with E-state index in [0.29, 0.717) is 10.6 Å². The van der Waals surface area contributed by atoms with Gasteiger partial charge in [-0.25, -0.2) is 4.98 Å². The van der Waals surface area contributed by atoms with Gasteiger partial charge in [-0.15, -0.1) is 11.3 Å². The zero-order valence-corrected chi connectivity index (χ0v) is 10.7. The molecule has 1 atom stereocenters. The lowest BCUT2D eigenvalue weighted by atomic mass is 10.2. The third-order valence-electron chi connectivity index (χ3n) is 2.29. The Morgan fingerprint density at radius 3 is 3.00 bits per heavy atom. The fourth-order valence-electron chi connectivity index (χ4n) is 1.46. The van der Waals surface area contributed by atoms with E-state index in [0.717, 1.165) is 10.7 Å². The lowest BCUT2D eigenvalue weighted by Crippen LogP contribution is -2.06. The summed E-state index contributed by atoms with van der Waals surface area (Å²) in [5, 5.41) is 15.6. The van der Waals surface area contributed by atoms with Crippen molar-refractivity contribution in [2.45, 2.75) is 13.0 Å². The Morgan fingerprint density at radius 1 is 1.53 bits per heavy atom. The Hall–Kier alpha value is -1.57. The second-order valence-electron chi connectivity index (χ2n) is 3.54. The van der Waals surface area contributed by atoms with Crippen molar-refractivity contribution in [3.05, 3.63) is 45.4 Å². The van der Waals surface area contributed by atoms with Crippen LogP contribution < -0.4 is 5.32 Å². The third-order valence-corrected chi connectivity index (χ3v) is 3.58. The topological polar surface area (TPSA) is 48.7 Å². The minimum Gasteiger partial charge on any atom is -0.376 e. The van der Waals surface area contributed by atoms with E-state index in [1.54, 1.807) is 29.7 Å². The molecule has 2 aromatic rings. The first kappa shape index (κ1) is 11.9. The predicted octanol–water partition coefficient (Wildman–Crippen LogP) is 3.84. The molecule has 2 rings (SSSR count). The van der Waals surface area contributed by atoms with Gasteiger partial charge in [0.1, 0.15) is 11.1 Å². The molecule has 17 heavy (non-hydrogen) atoms. The minimum atomic E-state index is 0.114. The van der Waals surface area contributed by atoms with Crippen LogP contribution in [0.15, 0.2) is 29.8 Å². The zero-order chi connectivity index (χ0) is 12.3. The predicted molar refractivity (Wildman–Crippen MR) is 70.3 cm³/mol. The van der Waals surface area contributed by atoms with Gasteiger partial charge in [0.2, 0.25) is 0 Å². The molecule has 1 heterocycles. The summed E-state index contributed by atoms with van der Waals surface area (Å²) in [6.45, 7) is 2.03. The summed E-state index contributed by atoms with van der Waals surface area (Å²) in [5.41, 5.74) is 1.34. The number of anilines is 1. The molecule has 0 amide bonds. The molecule has 3 nitrogen and oxygen atoms in total. The molecule has 1 unspecified atom stereocenters. The zero-order valence-electron chi connectivity index (χ0n) is 9.14. The standard InChI is InChI=1S/C12H10ClN3S/c1-8(12-15-4-5-17-12)16-10-2-3-11(13)9(6-10)7-14/h2-6,8,16H,1H3. The average molecular weight is 264 g/mol. The van der Waals surface area contributed by atoms with Crippen molar-refractivity contribution in [2.75, 3.05) is 5.32 Å². The van der Waals surface area contributed by atoms with Gasteiger partial charge in [0.25, 0.3) is 0 Å². The molecule has 5 heteroatoms. The summed E-state index contributed by atoms with van der Waals surface area (Å²) in [7, 11) is 0. The SMILES string of the molecule is CC(Nc1ccc(Cl)c(C#N)c1)c1nccs1. The van der Waals surface area contributed by atoms with E-state index >= 15 is 0 Å². The van der Waals surface area contributed by atoms with E-state index in [9.17, 15) is 0 Å². The number of hydrogen-bond donors (Lipinski definition) is 1. The maximum absolute atomic E-state index is 8.89. The van der Waals surface area contributed by atoms with E-state index in [2.05, 4.69) is 16.4 Å². The monoisotopic (exact) mass is 263 g/mol. The molecule has 0 radical (unpaired) electrons. The van der Waals surface area contributed by atoms with Gasteiger partial charge in [0, 0.05) is 17.3 Å². The van der Waals surface area contributed by atoms with Crippen molar-refractivity contribution < 1.29 is 0 Å². The van der Waals surface area contributed by atoms with E-state index < -0.39 is 0 Å². The van der Waals surface area contributed by atoms with Crippen LogP contribution >= 0.6 is 22.9 Å². The van der Waals surface area contributed by atoms with Crippen LogP contribution in [0.4, 0.5) is 5.69 Å². The average Bonchev–Trinajstić information content (AvgIpc) is 2.85. The first-order valence-electron chi connectivity index (χ1n) is 5.06. The maximum Gasteiger partial charge on any atom is 0.115 e. The first-order chi connectivity index (χ1) is 8.20. The smallest absolute Gasteiger partial charge is 0.115 e. The van der Waals surface area contributed by atoms with Crippen LogP contribution in [0.1, 0.15) is 23.5 Å². The Bertz CT molecular complexity index is 545. The number of halogens is 1. The fraction of sp³-hybridized carbons (Fsp3) is 0.167. The number of nitrogens with zero attached hydrogens (tertiary/aromatic N) is 2. The number of nitrogens with one attached hydrogen (secondary N) is 1. The van der Waals surface area contributed by atoms with E-state index in [-0.39, 0.29) is 6.04 Å². The van der Waals surface area contributed by atoms with Crippen molar-refractivity contribution >= 4 is 28.6 Å². The highest BCUT2D eigenvalue weighted by molar-refractivity contribution is 7.09. The van der Waals surface area contributed by atoms with Crippen LogP contribution in [0.5, 0.6) is 0 Å². The molecule has 0 spiro atoms. The van der Waals surface area contributed by atoms with Gasteiger partial charge in [-0.3, -0.25) is 0 Å². The highest BCUT2D eigenvalue weighted by atomic mass is 35.5. The number of benzene rings is 1. The Labute approximate surface area is 109 Å². The molecule has 0 aliphatic rings. The third kappa shape index (κ3) is 2.76. The van der Waals surface area contributed by atoms with E-state index in [1.165, 1.54) is 0 Å². The van der Waals surface area contributed by atoms with Crippen molar-refractivity contribution in [1.82, 2.24) is 4.98 Å². The molecule has 0 saturated heterocycles. The molecule has 0 aliphatic carbocycles. The Kier molecular flexibility index (Phi) is 3.62. The second kappa shape index (κ2) is 5.17. The number of hydrogen-bond acceptors (Lipinski definition) is 4. The van der Waals surface area contributed by atoms with Crippen LogP contribution in [0.25, 0.3) is 0 Å². The van der Waals surface area contributed by atoms with Gasteiger partial charge in [-0.2, -0.15) is 5.26 Å². The van der Waals surface area contributed by atoms with Gasteiger partial charge < -0.3 is 5.32 Å². The summed E-state index contributed by atoms with van der Waals surface area (Å²) in [4.78, 5) is 4.24. The number of rotatable bonds is 3. The molecule has 86 valence electrons. The van der Waals surface area contributed by atoms with Crippen LogP contribution in [-0.4, -0.2) is 4.98 Å². The molecular formula is C12H10ClN3S. The van der Waals surface area contributed by atoms with Gasteiger partial charge in [-0.1, -0.05) is 11.6 Å². The highest BCUT2D eigenvalue weighted by Gasteiger charge is 2.08. The summed E-state index contributed by atoms with van der Waals surface area (Å²) in [6, 6.07) is 7.49. The normalized spacial score (nSPS) is 11.8. The van der Waals surface area contributed by atoms with Crippen LogP contribution in [0.3, 0.4) is 0 Å². The van der Waals surface area contributed by atoms with Crippen molar-refractivity contribution in [3.63, 3.8) is 0 Å². The molecule has 0 saturated carbocycles. The molecule has 1 aromatic heterocycles. The van der Waals surface area contributed by atoms with Crippen LogP contribution in [0, 0.1) is 11.3 Å². The molecule has 1 aromatic carbocycles. The summed E-state index contributed by atoms with van der Waals surface area (Å²) < 4.78 is 0. The maximum atomic E-state index is 8.89. The van der Waals surface area contributed by atoms with Crippen LogP contribution in [-0.2, 0) is 0 Å². The van der Waals surface area contributed by atoms with Crippen LogP contribution in [0.2, 0.25) is 5.02 Å². The van der Waals surface area contributed by atoms with E-state index in [4.69, 9.17) is 16.9 Å². The molecule has 0 bridgehead atoms. The lowest BCUT2D eigenvalue weighted by molar-refractivity contribution is 0.870. The van der Waals surface area contributed by atoms with E-state index in [1.807, 2.05) is 18.4 Å². The fourth-order valence-corrected chi connectivity index (χ4v) is 2.27. The molecule has 0 aliphatic heterocycles. The number of nitriles is 1. The number of thiazole rings is 1. The lowest BCUT2D eigenvalue weighted by Gasteiger charge is -2.13. The summed E-state index contributed by atoms with van der Waals surface area (Å²) >= 11 is 7.47. The van der Waals surface area contributed by atoms with Gasteiger partial charge in [0.05, 0.1) is 16.6 Å². The summed E-state index contributed by atoms with van der Waals surface area (Å²) in [5.74, 6) is 0. The Balaban J connectivity index is 2.17. The molecule has 0 fully saturated rings. The minimum absolute atomic E-state index is 0.114. The van der Waals surface area contributed by atoms with Crippen molar-refractivity contribution in [1.29, 1.82) is 5.26 Å². The van der Waals surface area contributed by atoms with Gasteiger partial charge in [-0.05, 0) is 25.1 Å². The molecular weight excluding hydrogens is 254 g/mol. The van der Waals surface area contributed by atoms with Crippen molar-refractivity contribution in [3.8, 4) is 6.07 Å². The second-order valence-corrected chi connectivity index (χ2v) is 4.88. The Morgan fingerprint density at radius 2 is 2.35 bits per heavy atom. The first-order valence-corrected chi connectivity index (χ1v) is 6.32. The summed E-state index contributed by atoms with van der Waals surface area (Å²) in [6.07, 6.45) is 1.78. The number of aromatic nitrogens is 1. The van der Waals surface area contributed by atoms with Gasteiger partial charge in [0.15, 0.2) is 0 Å². The molecule has 1 N–H and O–H groups in total. The largest absolute Gasteiger partial charge is 0.376 e. The quantitative estimate of drug-likeness (QED) is 0.915. The highest BCUT2D eigenvalue weighted by Crippen LogP contribution is 2.24. The van der Waals surface area contributed by atoms with Gasteiger partial charge >= 0.3 is 0 Å².